The van der Waals surface area contributed by atoms with Gasteiger partial charge in [-0.15, -0.1) is 0 Å². The molecule has 0 heterocycles. The number of carbonyl (C=O) groups is 1. The van der Waals surface area contributed by atoms with Crippen LogP contribution < -0.4 is 0 Å². The first-order chi connectivity index (χ1) is 10.8. The van der Waals surface area contributed by atoms with Crippen LogP contribution in [0.15, 0.2) is 0 Å². The molecule has 3 nitrogen and oxygen atoms in total. The molecule has 3 heteroatoms. The molecular formula is C19H38O3. The van der Waals surface area contributed by atoms with Crippen molar-refractivity contribution in [3.05, 3.63) is 0 Å². The van der Waals surface area contributed by atoms with Gasteiger partial charge in [0.1, 0.15) is 0 Å². The van der Waals surface area contributed by atoms with Crippen molar-refractivity contribution in [1.82, 2.24) is 0 Å². The number of carboxylic acid groups (broad SMARTS) is 1. The predicted octanol–water partition coefficient (Wildman–Crippen LogP) is 5.70. The van der Waals surface area contributed by atoms with Crippen LogP contribution in [0, 0.1) is 0 Å². The third-order valence-electron chi connectivity index (χ3n) is 4.30. The minimum absolute atomic E-state index is 0.335. The quantitative estimate of drug-likeness (QED) is 0.319. The molecule has 2 N–H and O–H groups in total. The molecule has 0 spiro atoms. The van der Waals surface area contributed by atoms with Gasteiger partial charge in [-0.25, -0.2) is 0 Å². The monoisotopic (exact) mass is 314 g/mol. The lowest BCUT2D eigenvalue weighted by molar-refractivity contribution is -0.137. The van der Waals surface area contributed by atoms with E-state index in [9.17, 15) is 4.79 Å². The van der Waals surface area contributed by atoms with E-state index >= 15 is 0 Å². The number of rotatable bonds is 18. The largest absolute Gasteiger partial charge is 0.481 e. The zero-order valence-electron chi connectivity index (χ0n) is 14.5. The van der Waals surface area contributed by atoms with Crippen molar-refractivity contribution in [1.29, 1.82) is 0 Å². The maximum absolute atomic E-state index is 10.4. The van der Waals surface area contributed by atoms with Crippen LogP contribution in [0.25, 0.3) is 0 Å². The Bertz CT molecular complexity index is 229. The highest BCUT2D eigenvalue weighted by molar-refractivity contribution is 5.66. The fourth-order valence-corrected chi connectivity index (χ4v) is 2.86. The Kier molecular flexibility index (Phi) is 18.0. The summed E-state index contributed by atoms with van der Waals surface area (Å²) in [7, 11) is 0. The molecule has 0 unspecified atom stereocenters. The highest BCUT2D eigenvalue weighted by Gasteiger charge is 1.97. The standard InChI is InChI=1S/C19H38O3/c20-18-16-14-12-10-8-6-4-2-1-3-5-7-9-11-13-15-17-19(21)22/h20H,1-18H2,(H,21,22). The fourth-order valence-electron chi connectivity index (χ4n) is 2.86. The highest BCUT2D eigenvalue weighted by atomic mass is 16.4. The SMILES string of the molecule is O=C(O)CCCCCCCCCCCCCCCCCCO. The molecule has 0 aromatic heterocycles. The molecule has 0 aliphatic rings. The number of aliphatic carboxylic acids is 1. The molecule has 0 atom stereocenters. The van der Waals surface area contributed by atoms with Crippen molar-refractivity contribution in [3.8, 4) is 0 Å². The summed E-state index contributed by atoms with van der Waals surface area (Å²) in [5, 5.41) is 17.2. The van der Waals surface area contributed by atoms with Crippen LogP contribution in [0.3, 0.4) is 0 Å². The Morgan fingerprint density at radius 3 is 1.05 bits per heavy atom. The van der Waals surface area contributed by atoms with E-state index in [2.05, 4.69) is 0 Å². The van der Waals surface area contributed by atoms with Gasteiger partial charge in [-0.1, -0.05) is 89.9 Å². The lowest BCUT2D eigenvalue weighted by Crippen LogP contribution is -1.93. The highest BCUT2D eigenvalue weighted by Crippen LogP contribution is 2.13. The van der Waals surface area contributed by atoms with Crippen LogP contribution in [0.5, 0.6) is 0 Å². The van der Waals surface area contributed by atoms with Crippen molar-refractivity contribution >= 4 is 5.97 Å². The summed E-state index contributed by atoms with van der Waals surface area (Å²) in [5.41, 5.74) is 0. The molecule has 132 valence electrons. The molecule has 0 bridgehead atoms. The minimum Gasteiger partial charge on any atom is -0.481 e. The molecule has 0 aliphatic heterocycles. The summed E-state index contributed by atoms with van der Waals surface area (Å²) >= 11 is 0. The first-order valence-electron chi connectivity index (χ1n) is 9.60. The summed E-state index contributed by atoms with van der Waals surface area (Å²) in [5.74, 6) is -0.662. The molecular weight excluding hydrogens is 276 g/mol. The average molecular weight is 315 g/mol. The Balaban J connectivity index is 2.95. The molecule has 0 saturated heterocycles. The molecule has 0 saturated carbocycles. The Labute approximate surface area is 137 Å². The van der Waals surface area contributed by atoms with Crippen molar-refractivity contribution in [3.63, 3.8) is 0 Å². The normalized spacial score (nSPS) is 11.0. The second-order valence-electron chi connectivity index (χ2n) is 6.52. The summed E-state index contributed by atoms with van der Waals surface area (Å²) < 4.78 is 0. The van der Waals surface area contributed by atoms with Gasteiger partial charge in [0.2, 0.25) is 0 Å². The van der Waals surface area contributed by atoms with Gasteiger partial charge in [0.25, 0.3) is 0 Å². The maximum Gasteiger partial charge on any atom is 0.303 e. The number of aliphatic hydroxyl groups excluding tert-OH is 1. The van der Waals surface area contributed by atoms with Gasteiger partial charge in [-0.2, -0.15) is 0 Å². The first kappa shape index (κ1) is 21.4. The molecule has 22 heavy (non-hydrogen) atoms. The van der Waals surface area contributed by atoms with E-state index in [0.717, 1.165) is 19.3 Å². The van der Waals surface area contributed by atoms with E-state index in [1.165, 1.54) is 83.5 Å². The number of carboxylic acids is 1. The van der Waals surface area contributed by atoms with Crippen LogP contribution in [-0.2, 0) is 4.79 Å². The van der Waals surface area contributed by atoms with E-state index < -0.39 is 5.97 Å². The summed E-state index contributed by atoms with van der Waals surface area (Å²) in [4.78, 5) is 10.4. The minimum atomic E-state index is -0.662. The van der Waals surface area contributed by atoms with Gasteiger partial charge < -0.3 is 10.2 Å². The van der Waals surface area contributed by atoms with Crippen molar-refractivity contribution < 1.29 is 15.0 Å². The Morgan fingerprint density at radius 1 is 0.500 bits per heavy atom. The maximum atomic E-state index is 10.4. The van der Waals surface area contributed by atoms with E-state index in [1.807, 2.05) is 0 Å². The Morgan fingerprint density at radius 2 is 0.773 bits per heavy atom. The Hall–Kier alpha value is -0.570. The molecule has 0 aromatic rings. The fraction of sp³-hybridized carbons (Fsp3) is 0.947. The van der Waals surface area contributed by atoms with Gasteiger partial charge in [0.15, 0.2) is 0 Å². The molecule has 0 fully saturated rings. The zero-order valence-corrected chi connectivity index (χ0v) is 14.5. The summed E-state index contributed by atoms with van der Waals surface area (Å²) in [6.07, 6.45) is 20.4. The van der Waals surface area contributed by atoms with E-state index in [4.69, 9.17) is 10.2 Å². The van der Waals surface area contributed by atoms with Crippen LogP contribution in [0.1, 0.15) is 109 Å². The lowest BCUT2D eigenvalue weighted by atomic mass is 10.0. The second kappa shape index (κ2) is 18.5. The van der Waals surface area contributed by atoms with E-state index in [0.29, 0.717) is 13.0 Å². The molecule has 0 rings (SSSR count). The molecule has 0 aromatic carbocycles. The molecule has 0 amide bonds. The topological polar surface area (TPSA) is 57.5 Å². The number of hydrogen-bond acceptors (Lipinski definition) is 2. The molecule has 0 aliphatic carbocycles. The zero-order chi connectivity index (χ0) is 16.3. The smallest absolute Gasteiger partial charge is 0.303 e. The number of aliphatic hydroxyl groups is 1. The second-order valence-corrected chi connectivity index (χ2v) is 6.52. The van der Waals surface area contributed by atoms with Crippen molar-refractivity contribution in [2.24, 2.45) is 0 Å². The third-order valence-corrected chi connectivity index (χ3v) is 4.30. The average Bonchev–Trinajstić information content (AvgIpc) is 2.50. The van der Waals surface area contributed by atoms with Crippen molar-refractivity contribution in [2.45, 2.75) is 109 Å². The van der Waals surface area contributed by atoms with E-state index in [-0.39, 0.29) is 0 Å². The van der Waals surface area contributed by atoms with Gasteiger partial charge >= 0.3 is 5.97 Å². The van der Waals surface area contributed by atoms with Gasteiger partial charge in [0.05, 0.1) is 0 Å². The lowest BCUT2D eigenvalue weighted by Gasteiger charge is -2.03. The van der Waals surface area contributed by atoms with Gasteiger partial charge in [-0.05, 0) is 12.8 Å². The number of unbranched alkanes of at least 4 members (excludes halogenated alkanes) is 15. The van der Waals surface area contributed by atoms with Crippen LogP contribution in [0.2, 0.25) is 0 Å². The van der Waals surface area contributed by atoms with E-state index in [1.54, 1.807) is 0 Å². The van der Waals surface area contributed by atoms with Gasteiger partial charge in [-0.3, -0.25) is 4.79 Å². The van der Waals surface area contributed by atoms with Crippen LogP contribution in [0.4, 0.5) is 0 Å². The van der Waals surface area contributed by atoms with Crippen molar-refractivity contribution in [2.75, 3.05) is 6.61 Å². The molecule has 0 radical (unpaired) electrons. The first-order valence-corrected chi connectivity index (χ1v) is 9.60. The van der Waals surface area contributed by atoms with Crippen LogP contribution >= 0.6 is 0 Å². The third kappa shape index (κ3) is 19.4. The number of hydrogen-bond donors (Lipinski definition) is 2. The summed E-state index contributed by atoms with van der Waals surface area (Å²) in [6.45, 7) is 0.350. The summed E-state index contributed by atoms with van der Waals surface area (Å²) in [6, 6.07) is 0. The van der Waals surface area contributed by atoms with Crippen LogP contribution in [-0.4, -0.2) is 22.8 Å². The van der Waals surface area contributed by atoms with Gasteiger partial charge in [0, 0.05) is 13.0 Å². The predicted molar refractivity (Wildman–Crippen MR) is 93.2 cm³/mol.